The maximum Gasteiger partial charge on any atom is 0.145 e. The summed E-state index contributed by atoms with van der Waals surface area (Å²) in [5.41, 5.74) is 2.95. The first-order valence-corrected chi connectivity index (χ1v) is 8.90. The minimum Gasteiger partial charge on any atom is -0.489 e. The monoisotopic (exact) mass is 384 g/mol. The van der Waals surface area contributed by atoms with Gasteiger partial charge in [0.05, 0.1) is 23.0 Å². The molecule has 6 nitrogen and oxygen atoms in total. The summed E-state index contributed by atoms with van der Waals surface area (Å²) in [6, 6.07) is 8.03. The van der Waals surface area contributed by atoms with E-state index in [-0.39, 0.29) is 11.9 Å². The first-order valence-electron chi connectivity index (χ1n) is 8.54. The number of ether oxygens (including phenoxy) is 2. The zero-order valence-electron chi connectivity index (χ0n) is 14.6. The molecule has 1 saturated heterocycles. The summed E-state index contributed by atoms with van der Waals surface area (Å²) >= 11 is 4.78. The average molecular weight is 384 g/mol. The molecule has 1 atom stereocenters. The predicted octanol–water partition coefficient (Wildman–Crippen LogP) is 4.35. The highest BCUT2D eigenvalue weighted by atomic mass is 32.1. The van der Waals surface area contributed by atoms with Crippen molar-refractivity contribution in [3.05, 3.63) is 48.0 Å². The normalized spacial score (nSPS) is 16.0. The molecule has 1 N–H and O–H groups in total. The van der Waals surface area contributed by atoms with E-state index in [4.69, 9.17) is 21.9 Å². The lowest BCUT2D eigenvalue weighted by Gasteiger charge is -2.26. The molecule has 0 saturated carbocycles. The molecule has 8 heteroatoms. The van der Waals surface area contributed by atoms with E-state index in [1.807, 2.05) is 13.0 Å². The van der Waals surface area contributed by atoms with Crippen LogP contribution in [0.5, 0.6) is 5.75 Å². The highest BCUT2D eigenvalue weighted by Gasteiger charge is 2.20. The highest BCUT2D eigenvalue weighted by molar-refractivity contribution is 7.47. The molecule has 138 valence electrons. The Labute approximate surface area is 160 Å². The largest absolute Gasteiger partial charge is 0.489 e. The molecular formula is C19H17FN4O2S. The molecule has 0 radical (unpaired) electrons. The number of benzene rings is 2. The van der Waals surface area contributed by atoms with Crippen LogP contribution in [0.25, 0.3) is 10.9 Å². The third-order valence-corrected chi connectivity index (χ3v) is 4.65. The molecule has 3 aromatic rings. The first-order chi connectivity index (χ1) is 13.1. The molecule has 4 rings (SSSR count). The van der Waals surface area contributed by atoms with Crippen LogP contribution >= 0.6 is 0 Å². The Morgan fingerprint density at radius 2 is 2.19 bits per heavy atom. The van der Waals surface area contributed by atoms with Gasteiger partial charge in [0, 0.05) is 36.9 Å². The number of hydrogen-bond acceptors (Lipinski definition) is 7. The second-order valence-electron chi connectivity index (χ2n) is 6.33. The number of aryl methyl sites for hydroxylation is 1. The first kappa shape index (κ1) is 17.7. The van der Waals surface area contributed by atoms with Crippen LogP contribution in [-0.4, -0.2) is 29.3 Å². The number of nitrogens with zero attached hydrogens (tertiary/aromatic N) is 3. The summed E-state index contributed by atoms with van der Waals surface area (Å²) in [5.74, 6) is 0.641. The maximum atomic E-state index is 13.7. The highest BCUT2D eigenvalue weighted by Crippen LogP contribution is 2.33. The Morgan fingerprint density at radius 1 is 1.33 bits per heavy atom. The van der Waals surface area contributed by atoms with Crippen LogP contribution in [0.2, 0.25) is 0 Å². The molecule has 2 aromatic carbocycles. The van der Waals surface area contributed by atoms with Crippen LogP contribution in [-0.2, 0) is 17.2 Å². The molecule has 2 heterocycles. The fourth-order valence-electron chi connectivity index (χ4n) is 2.97. The van der Waals surface area contributed by atoms with Crippen LogP contribution in [0, 0.1) is 12.7 Å². The quantitative estimate of drug-likeness (QED) is 0.681. The molecule has 27 heavy (non-hydrogen) atoms. The summed E-state index contributed by atoms with van der Waals surface area (Å²) in [4.78, 5) is 8.65. The van der Waals surface area contributed by atoms with Gasteiger partial charge in [0.25, 0.3) is 0 Å². The molecule has 1 aromatic heterocycles. The van der Waals surface area contributed by atoms with E-state index in [0.29, 0.717) is 29.5 Å². The van der Waals surface area contributed by atoms with Gasteiger partial charge in [-0.3, -0.25) is 0 Å². The Balaban J connectivity index is 1.68. The average Bonchev–Trinajstić information content (AvgIpc) is 2.62. The van der Waals surface area contributed by atoms with E-state index >= 15 is 0 Å². The number of fused-ring (bicyclic) bond motifs is 1. The Morgan fingerprint density at radius 3 is 2.93 bits per heavy atom. The van der Waals surface area contributed by atoms with Gasteiger partial charge in [-0.2, -0.15) is 4.36 Å². The molecular weight excluding hydrogens is 367 g/mol. The minimum absolute atomic E-state index is 0.0591. The second kappa shape index (κ2) is 7.50. The SMILES string of the molecule is Cc1cc(N=S)cc2ncnc(Nc3ccc(F)cc3OCC3CCO3)c12. The summed E-state index contributed by atoms with van der Waals surface area (Å²) in [7, 11) is 0. The fourth-order valence-corrected chi connectivity index (χ4v) is 3.07. The van der Waals surface area contributed by atoms with Gasteiger partial charge in [0.2, 0.25) is 0 Å². The molecule has 1 aliphatic rings. The summed E-state index contributed by atoms with van der Waals surface area (Å²) in [6.45, 7) is 3.06. The lowest BCUT2D eigenvalue weighted by atomic mass is 10.1. The third kappa shape index (κ3) is 3.72. The number of rotatable bonds is 6. The van der Waals surface area contributed by atoms with Gasteiger partial charge >= 0.3 is 0 Å². The zero-order valence-corrected chi connectivity index (χ0v) is 15.4. The minimum atomic E-state index is -0.370. The van der Waals surface area contributed by atoms with Crippen molar-refractivity contribution in [1.82, 2.24) is 9.97 Å². The third-order valence-electron chi connectivity index (χ3n) is 4.44. The molecule has 1 aliphatic heterocycles. The van der Waals surface area contributed by atoms with Crippen molar-refractivity contribution in [2.45, 2.75) is 19.4 Å². The number of hydrogen-bond donors (Lipinski definition) is 1. The molecule has 0 spiro atoms. The number of aromatic nitrogens is 2. The van der Waals surface area contributed by atoms with Gasteiger partial charge in [-0.25, -0.2) is 14.4 Å². The van der Waals surface area contributed by atoms with E-state index in [0.717, 1.165) is 29.5 Å². The summed E-state index contributed by atoms with van der Waals surface area (Å²) < 4.78 is 28.7. The van der Waals surface area contributed by atoms with Crippen molar-refractivity contribution in [1.29, 1.82) is 0 Å². The summed E-state index contributed by atoms with van der Waals surface area (Å²) in [5, 5.41) is 4.09. The van der Waals surface area contributed by atoms with Crippen molar-refractivity contribution in [2.24, 2.45) is 4.36 Å². The molecule has 0 amide bonds. The maximum absolute atomic E-state index is 13.7. The van der Waals surface area contributed by atoms with Gasteiger partial charge in [0.1, 0.15) is 30.3 Å². The number of nitrogens with one attached hydrogen (secondary N) is 1. The van der Waals surface area contributed by atoms with Crippen molar-refractivity contribution >= 4 is 40.5 Å². The van der Waals surface area contributed by atoms with E-state index in [1.54, 1.807) is 12.1 Å². The van der Waals surface area contributed by atoms with Crippen LogP contribution in [0.15, 0.2) is 41.0 Å². The molecule has 1 fully saturated rings. The lowest BCUT2D eigenvalue weighted by Crippen LogP contribution is -2.32. The van der Waals surface area contributed by atoms with Crippen molar-refractivity contribution in [3.8, 4) is 5.75 Å². The van der Waals surface area contributed by atoms with Gasteiger partial charge in [-0.1, -0.05) is 0 Å². The standard InChI is InChI=1S/C19H17FN4O2S/c1-11-6-13(24-27)8-16-18(11)19(22-10-21-16)23-15-3-2-12(20)7-17(15)26-9-14-4-5-25-14/h2-3,6-8,10,14H,4-5,9H2,1H3,(H,21,22,23). The molecule has 1 unspecified atom stereocenters. The van der Waals surface area contributed by atoms with Gasteiger partial charge in [-0.15, -0.1) is 0 Å². The Kier molecular flexibility index (Phi) is 4.91. The number of halogens is 1. The predicted molar refractivity (Wildman–Crippen MR) is 103 cm³/mol. The number of anilines is 2. The van der Waals surface area contributed by atoms with Gasteiger partial charge in [-0.05, 0) is 36.8 Å². The fraction of sp³-hybridized carbons (Fsp3) is 0.263. The van der Waals surface area contributed by atoms with Crippen LogP contribution in [0.3, 0.4) is 0 Å². The van der Waals surface area contributed by atoms with Gasteiger partial charge < -0.3 is 14.8 Å². The van der Waals surface area contributed by atoms with E-state index < -0.39 is 0 Å². The molecule has 0 aliphatic carbocycles. The van der Waals surface area contributed by atoms with Crippen LogP contribution < -0.4 is 10.1 Å². The van der Waals surface area contributed by atoms with Crippen molar-refractivity contribution < 1.29 is 13.9 Å². The smallest absolute Gasteiger partial charge is 0.145 e. The molecule has 0 bridgehead atoms. The Bertz CT molecular complexity index is 1010. The summed E-state index contributed by atoms with van der Waals surface area (Å²) in [6.07, 6.45) is 2.47. The van der Waals surface area contributed by atoms with E-state index in [1.165, 1.54) is 18.5 Å². The zero-order chi connectivity index (χ0) is 18.8. The second-order valence-corrected chi connectivity index (χ2v) is 6.51. The van der Waals surface area contributed by atoms with E-state index in [9.17, 15) is 4.39 Å². The lowest BCUT2D eigenvalue weighted by molar-refractivity contribution is -0.0720. The Hall–Kier alpha value is -2.71. The van der Waals surface area contributed by atoms with Gasteiger partial charge in [0.15, 0.2) is 0 Å². The van der Waals surface area contributed by atoms with Crippen LogP contribution in [0.4, 0.5) is 21.6 Å². The van der Waals surface area contributed by atoms with Crippen LogP contribution in [0.1, 0.15) is 12.0 Å². The van der Waals surface area contributed by atoms with Crippen molar-refractivity contribution in [2.75, 3.05) is 18.5 Å². The van der Waals surface area contributed by atoms with E-state index in [2.05, 4.69) is 19.6 Å². The van der Waals surface area contributed by atoms with Crippen molar-refractivity contribution in [3.63, 3.8) is 0 Å². The topological polar surface area (TPSA) is 68.6 Å².